The number of aliphatic hydroxyl groups is 1. The number of Topliss-reactive ketones (excluding diaryl/α,β-unsaturated/α-hetero) is 1. The lowest BCUT2D eigenvalue weighted by molar-refractivity contribution is -0.141. The summed E-state index contributed by atoms with van der Waals surface area (Å²) in [5.74, 6) is -0.511. The maximum Gasteiger partial charge on any atom is 0.295 e. The van der Waals surface area contributed by atoms with E-state index in [2.05, 4.69) is 6.92 Å². The van der Waals surface area contributed by atoms with Crippen LogP contribution in [0.25, 0.3) is 5.76 Å². The van der Waals surface area contributed by atoms with Crippen LogP contribution in [0.2, 0.25) is 0 Å². The molecule has 1 saturated heterocycles. The van der Waals surface area contributed by atoms with E-state index in [9.17, 15) is 14.7 Å². The molecule has 5 heteroatoms. The second-order valence-corrected chi connectivity index (χ2v) is 8.99. The molecule has 174 valence electrons. The van der Waals surface area contributed by atoms with Gasteiger partial charge in [0.15, 0.2) is 0 Å². The van der Waals surface area contributed by atoms with E-state index in [1.807, 2.05) is 30.3 Å². The molecule has 0 aromatic heterocycles. The molecule has 1 N–H and O–H groups in total. The van der Waals surface area contributed by atoms with Gasteiger partial charge in [0.25, 0.3) is 11.7 Å². The van der Waals surface area contributed by atoms with Crippen LogP contribution in [0, 0.1) is 0 Å². The normalized spacial score (nSPS) is 20.9. The van der Waals surface area contributed by atoms with E-state index in [0.717, 1.165) is 62.7 Å². The van der Waals surface area contributed by atoms with E-state index in [0.29, 0.717) is 12.2 Å². The van der Waals surface area contributed by atoms with Crippen LogP contribution in [0.3, 0.4) is 0 Å². The van der Waals surface area contributed by atoms with Gasteiger partial charge in [-0.3, -0.25) is 9.59 Å². The number of carbonyl (C=O) groups excluding carboxylic acids is 2. The average Bonchev–Trinajstić information content (AvgIpc) is 3.13. The lowest BCUT2D eigenvalue weighted by Crippen LogP contribution is -2.40. The largest absolute Gasteiger partial charge is 0.507 e. The minimum atomic E-state index is -0.605. The Morgan fingerprint density at radius 1 is 0.970 bits per heavy atom. The van der Waals surface area contributed by atoms with Crippen LogP contribution < -0.4 is 4.74 Å². The molecular formula is C28H33NO4. The Labute approximate surface area is 196 Å². The Hall–Kier alpha value is -3.08. The summed E-state index contributed by atoms with van der Waals surface area (Å²) in [7, 11) is 0. The van der Waals surface area contributed by atoms with Crippen molar-refractivity contribution in [1.29, 1.82) is 0 Å². The van der Waals surface area contributed by atoms with Gasteiger partial charge in [-0.05, 0) is 49.1 Å². The van der Waals surface area contributed by atoms with Gasteiger partial charge in [-0.25, -0.2) is 0 Å². The van der Waals surface area contributed by atoms with E-state index in [-0.39, 0.29) is 17.4 Å². The van der Waals surface area contributed by atoms with Crippen molar-refractivity contribution in [3.8, 4) is 5.75 Å². The molecule has 1 atom stereocenters. The molecule has 2 aromatic carbocycles. The highest BCUT2D eigenvalue weighted by molar-refractivity contribution is 6.46. The summed E-state index contributed by atoms with van der Waals surface area (Å²) in [5, 5.41) is 11.2. The van der Waals surface area contributed by atoms with Crippen molar-refractivity contribution in [2.24, 2.45) is 0 Å². The molecule has 0 bridgehead atoms. The lowest BCUT2D eigenvalue weighted by Gasteiger charge is -2.35. The molecule has 1 saturated carbocycles. The molecule has 0 radical (unpaired) electrons. The highest BCUT2D eigenvalue weighted by Crippen LogP contribution is 2.43. The zero-order valence-electron chi connectivity index (χ0n) is 19.3. The first kappa shape index (κ1) is 23.1. The number of unbranched alkanes of at least 4 members (excludes halogenated alkanes) is 2. The summed E-state index contributed by atoms with van der Waals surface area (Å²) >= 11 is 0. The minimum Gasteiger partial charge on any atom is -0.507 e. The molecule has 33 heavy (non-hydrogen) atoms. The molecule has 2 aliphatic rings. The number of ether oxygens (including phenoxy) is 1. The number of rotatable bonds is 8. The first-order valence-electron chi connectivity index (χ1n) is 12.2. The second-order valence-electron chi connectivity index (χ2n) is 8.99. The zero-order valence-corrected chi connectivity index (χ0v) is 19.3. The van der Waals surface area contributed by atoms with E-state index in [4.69, 9.17) is 4.74 Å². The molecule has 0 spiro atoms. The maximum absolute atomic E-state index is 13.2. The third-order valence-corrected chi connectivity index (χ3v) is 6.71. The monoisotopic (exact) mass is 447 g/mol. The Kier molecular flexibility index (Phi) is 7.48. The van der Waals surface area contributed by atoms with Crippen LogP contribution in [-0.4, -0.2) is 34.3 Å². The molecule has 1 unspecified atom stereocenters. The SMILES string of the molecule is CCCCCOc1ccc(/C(O)=C2/C(=O)C(=O)N(C3CCCCC3)C2c2ccccc2)cc1. The van der Waals surface area contributed by atoms with Crippen molar-refractivity contribution in [2.45, 2.75) is 70.4 Å². The van der Waals surface area contributed by atoms with Gasteiger partial charge < -0.3 is 14.7 Å². The second kappa shape index (κ2) is 10.7. The summed E-state index contributed by atoms with van der Waals surface area (Å²) < 4.78 is 5.77. The van der Waals surface area contributed by atoms with Crippen LogP contribution in [0.15, 0.2) is 60.2 Å². The molecule has 4 rings (SSSR count). The maximum atomic E-state index is 13.2. The van der Waals surface area contributed by atoms with Gasteiger partial charge in [0.1, 0.15) is 11.5 Å². The molecule has 2 fully saturated rings. The van der Waals surface area contributed by atoms with Crippen molar-refractivity contribution in [3.63, 3.8) is 0 Å². The number of hydrogen-bond acceptors (Lipinski definition) is 4. The zero-order chi connectivity index (χ0) is 23.2. The summed E-state index contributed by atoms with van der Waals surface area (Å²) in [5.41, 5.74) is 1.53. The molecular weight excluding hydrogens is 414 g/mol. The van der Waals surface area contributed by atoms with E-state index >= 15 is 0 Å². The summed E-state index contributed by atoms with van der Waals surface area (Å²) in [6.07, 6.45) is 8.30. The third-order valence-electron chi connectivity index (χ3n) is 6.71. The fourth-order valence-corrected chi connectivity index (χ4v) is 4.96. The van der Waals surface area contributed by atoms with Crippen LogP contribution >= 0.6 is 0 Å². The Bertz CT molecular complexity index is 990. The smallest absolute Gasteiger partial charge is 0.295 e. The van der Waals surface area contributed by atoms with Crippen LogP contribution in [0.1, 0.15) is 75.5 Å². The molecule has 1 amide bonds. The quantitative estimate of drug-likeness (QED) is 0.233. The Balaban J connectivity index is 1.67. The standard InChI is InChI=1S/C28H33NO4/c1-2-3-10-19-33-23-17-15-21(16-18-23)26(30)24-25(20-11-6-4-7-12-20)29(28(32)27(24)31)22-13-8-5-9-14-22/h4,6-7,11-12,15-18,22,25,30H,2-3,5,8-10,13-14,19H2,1H3/b26-24-. The predicted molar refractivity (Wildman–Crippen MR) is 129 cm³/mol. The van der Waals surface area contributed by atoms with Gasteiger partial charge in [-0.2, -0.15) is 0 Å². The van der Waals surface area contributed by atoms with E-state index in [1.54, 1.807) is 29.2 Å². The predicted octanol–water partition coefficient (Wildman–Crippen LogP) is 6.01. The average molecular weight is 448 g/mol. The van der Waals surface area contributed by atoms with Crippen molar-refractivity contribution >= 4 is 17.4 Å². The first-order valence-corrected chi connectivity index (χ1v) is 12.2. The van der Waals surface area contributed by atoms with Gasteiger partial charge in [-0.1, -0.05) is 69.4 Å². The van der Waals surface area contributed by atoms with Crippen molar-refractivity contribution in [3.05, 3.63) is 71.3 Å². The van der Waals surface area contributed by atoms with Crippen LogP contribution in [0.4, 0.5) is 0 Å². The number of benzene rings is 2. The van der Waals surface area contributed by atoms with Gasteiger partial charge in [0.05, 0.1) is 18.2 Å². The number of carbonyl (C=O) groups is 2. The Morgan fingerprint density at radius 2 is 1.67 bits per heavy atom. The van der Waals surface area contributed by atoms with Gasteiger partial charge in [-0.15, -0.1) is 0 Å². The van der Waals surface area contributed by atoms with Crippen molar-refractivity contribution in [1.82, 2.24) is 4.90 Å². The van der Waals surface area contributed by atoms with E-state index in [1.165, 1.54) is 0 Å². The van der Waals surface area contributed by atoms with Crippen LogP contribution in [-0.2, 0) is 9.59 Å². The van der Waals surface area contributed by atoms with E-state index < -0.39 is 17.7 Å². The summed E-state index contributed by atoms with van der Waals surface area (Å²) in [6.45, 7) is 2.80. The number of aliphatic hydroxyl groups excluding tert-OH is 1. The molecule has 1 aliphatic heterocycles. The molecule has 1 heterocycles. The summed E-state index contributed by atoms with van der Waals surface area (Å²) in [6, 6.07) is 16.1. The highest BCUT2D eigenvalue weighted by Gasteiger charge is 2.48. The molecule has 2 aromatic rings. The Morgan fingerprint density at radius 3 is 2.33 bits per heavy atom. The van der Waals surface area contributed by atoms with Crippen molar-refractivity contribution < 1.29 is 19.4 Å². The molecule has 1 aliphatic carbocycles. The highest BCUT2D eigenvalue weighted by atomic mass is 16.5. The minimum absolute atomic E-state index is 0.0182. The van der Waals surface area contributed by atoms with Gasteiger partial charge >= 0.3 is 0 Å². The number of amides is 1. The number of ketones is 1. The third kappa shape index (κ3) is 4.97. The molecule has 5 nitrogen and oxygen atoms in total. The fourth-order valence-electron chi connectivity index (χ4n) is 4.96. The fraction of sp³-hybridized carbons (Fsp3) is 0.429. The number of likely N-dealkylation sites (tertiary alicyclic amines) is 1. The summed E-state index contributed by atoms with van der Waals surface area (Å²) in [4.78, 5) is 28.1. The topological polar surface area (TPSA) is 66.8 Å². The van der Waals surface area contributed by atoms with Crippen molar-refractivity contribution in [2.75, 3.05) is 6.61 Å². The van der Waals surface area contributed by atoms with Gasteiger partial charge in [0.2, 0.25) is 0 Å². The van der Waals surface area contributed by atoms with Gasteiger partial charge in [0, 0.05) is 11.6 Å². The number of nitrogens with zero attached hydrogens (tertiary/aromatic N) is 1. The number of hydrogen-bond donors (Lipinski definition) is 1. The van der Waals surface area contributed by atoms with Crippen LogP contribution in [0.5, 0.6) is 5.75 Å². The first-order chi connectivity index (χ1) is 16.1. The lowest BCUT2D eigenvalue weighted by atomic mass is 9.91.